The van der Waals surface area contributed by atoms with Gasteiger partial charge in [-0.3, -0.25) is 9.97 Å². The van der Waals surface area contributed by atoms with Gasteiger partial charge in [0.05, 0.1) is 22.5 Å². The maximum absolute atomic E-state index is 13.4. The molecule has 0 saturated heterocycles. The molecule has 197 valence electrons. The van der Waals surface area contributed by atoms with E-state index in [1.54, 1.807) is 0 Å². The first kappa shape index (κ1) is 29.9. The van der Waals surface area contributed by atoms with Gasteiger partial charge in [-0.25, -0.2) is 17.6 Å². The van der Waals surface area contributed by atoms with Gasteiger partial charge in [0.25, 0.3) is 0 Å². The Morgan fingerprint density at radius 1 is 0.486 bits per heavy atom. The average Bonchev–Trinajstić information content (AvgIpc) is 2.79. The molecule has 0 fully saturated rings. The molecule has 4 rings (SSSR count). The quantitative estimate of drug-likeness (QED) is 0.197. The van der Waals surface area contributed by atoms with Crippen molar-refractivity contribution in [2.75, 3.05) is 0 Å². The normalized spacial score (nSPS) is 11.3. The third kappa shape index (κ3) is 7.83. The fraction of sp³-hybridized carbons (Fsp3) is 0.0833. The number of rotatable bonds is 2. The van der Waals surface area contributed by atoms with Gasteiger partial charge in [0.15, 0.2) is 0 Å². The summed E-state index contributed by atoms with van der Waals surface area (Å²) in [6.45, 7) is 0. The van der Waals surface area contributed by atoms with E-state index in [2.05, 4.69) is 9.97 Å². The molecule has 0 spiro atoms. The van der Waals surface area contributed by atoms with Gasteiger partial charge in [0, 0.05) is 55.8 Å². The van der Waals surface area contributed by atoms with Gasteiger partial charge in [0.2, 0.25) is 0 Å². The second kappa shape index (κ2) is 11.8. The molecular formula is C24H12F10IrN2. The van der Waals surface area contributed by atoms with Gasteiger partial charge in [-0.2, -0.15) is 26.3 Å². The largest absolute Gasteiger partial charge is 0.417 e. The van der Waals surface area contributed by atoms with Crippen LogP contribution in [0, 0.1) is 23.3 Å². The average molecular weight is 711 g/mol. The van der Waals surface area contributed by atoms with Crippen molar-refractivity contribution in [1.82, 2.24) is 9.97 Å². The minimum atomic E-state index is -4.49. The van der Waals surface area contributed by atoms with E-state index in [-0.39, 0.29) is 42.6 Å². The summed E-state index contributed by atoms with van der Waals surface area (Å²) in [6.07, 6.45) is -7.77. The fourth-order valence-corrected chi connectivity index (χ4v) is 2.84. The molecule has 0 aliphatic carbocycles. The number of pyridine rings is 2. The van der Waals surface area contributed by atoms with Crippen molar-refractivity contribution < 1.29 is 64.0 Å². The van der Waals surface area contributed by atoms with Crippen LogP contribution in [-0.4, -0.2) is 9.97 Å². The summed E-state index contributed by atoms with van der Waals surface area (Å²) in [7, 11) is 0. The number of benzene rings is 2. The molecule has 0 bridgehead atoms. The topological polar surface area (TPSA) is 25.8 Å². The van der Waals surface area contributed by atoms with Crippen LogP contribution in [-0.2, 0) is 32.5 Å². The van der Waals surface area contributed by atoms with Gasteiger partial charge in [0.1, 0.15) is 23.3 Å². The van der Waals surface area contributed by atoms with Crippen LogP contribution in [0.1, 0.15) is 11.1 Å². The maximum Gasteiger partial charge on any atom is 0.417 e. The van der Waals surface area contributed by atoms with Gasteiger partial charge < -0.3 is 0 Å². The Labute approximate surface area is 216 Å². The molecule has 13 heteroatoms. The maximum atomic E-state index is 13.4. The standard InChI is InChI=1S/2C12H6F5N.Ir/c2*13-8-2-3-9(10(14)5-8)11-4-1-7(6-18-11)12(15,16)17;/h2*1-6H;. The Hall–Kier alpha value is -3.31. The van der Waals surface area contributed by atoms with E-state index in [0.29, 0.717) is 24.5 Å². The molecule has 2 nitrogen and oxygen atoms in total. The Morgan fingerprint density at radius 3 is 1.08 bits per heavy atom. The molecular weight excluding hydrogens is 698 g/mol. The minimum Gasteiger partial charge on any atom is -0.256 e. The van der Waals surface area contributed by atoms with E-state index in [1.165, 1.54) is 0 Å². The minimum absolute atomic E-state index is 0. The second-order valence-corrected chi connectivity index (χ2v) is 7.11. The van der Waals surface area contributed by atoms with E-state index in [0.717, 1.165) is 48.5 Å². The molecule has 2 heterocycles. The predicted octanol–water partition coefficient (Wildman–Crippen LogP) is 8.09. The summed E-state index contributed by atoms with van der Waals surface area (Å²) < 4.78 is 126. The van der Waals surface area contributed by atoms with Crippen LogP contribution in [0.15, 0.2) is 73.1 Å². The summed E-state index contributed by atoms with van der Waals surface area (Å²) in [5.41, 5.74) is -1.92. The summed E-state index contributed by atoms with van der Waals surface area (Å²) in [6, 6.07) is 9.24. The number of halogens is 10. The molecule has 1 radical (unpaired) electrons. The van der Waals surface area contributed by atoms with Gasteiger partial charge in [-0.05, 0) is 48.5 Å². The Bertz CT molecular complexity index is 1230. The van der Waals surface area contributed by atoms with E-state index < -0.39 is 46.7 Å². The summed E-state index contributed by atoms with van der Waals surface area (Å²) >= 11 is 0. The number of aromatic nitrogens is 2. The number of alkyl halides is 6. The number of nitrogens with zero attached hydrogens (tertiary/aromatic N) is 2. The zero-order valence-corrected chi connectivity index (χ0v) is 20.3. The zero-order valence-electron chi connectivity index (χ0n) is 17.9. The zero-order chi connectivity index (χ0) is 26.7. The van der Waals surface area contributed by atoms with Crippen molar-refractivity contribution in [3.63, 3.8) is 0 Å². The molecule has 0 N–H and O–H groups in total. The van der Waals surface area contributed by atoms with Crippen molar-refractivity contribution in [1.29, 1.82) is 0 Å². The molecule has 4 aromatic rings. The predicted molar refractivity (Wildman–Crippen MR) is 109 cm³/mol. The van der Waals surface area contributed by atoms with Crippen LogP contribution < -0.4 is 0 Å². The number of hydrogen-bond acceptors (Lipinski definition) is 2. The second-order valence-electron chi connectivity index (χ2n) is 7.11. The third-order valence-corrected chi connectivity index (χ3v) is 4.60. The molecule has 0 aliphatic heterocycles. The molecule has 0 atom stereocenters. The fourth-order valence-electron chi connectivity index (χ4n) is 2.84. The van der Waals surface area contributed by atoms with E-state index >= 15 is 0 Å². The van der Waals surface area contributed by atoms with Crippen molar-refractivity contribution in [2.45, 2.75) is 12.4 Å². The van der Waals surface area contributed by atoms with E-state index in [4.69, 9.17) is 0 Å². The Morgan fingerprint density at radius 2 is 0.838 bits per heavy atom. The summed E-state index contributed by atoms with van der Waals surface area (Å²) in [5, 5.41) is 0. The van der Waals surface area contributed by atoms with Gasteiger partial charge in [-0.15, -0.1) is 0 Å². The molecule has 0 saturated carbocycles. The van der Waals surface area contributed by atoms with Crippen molar-refractivity contribution in [2.24, 2.45) is 0 Å². The smallest absolute Gasteiger partial charge is 0.256 e. The van der Waals surface area contributed by atoms with Crippen LogP contribution >= 0.6 is 0 Å². The molecule has 2 aromatic carbocycles. The molecule has 2 aromatic heterocycles. The van der Waals surface area contributed by atoms with Crippen LogP contribution in [0.3, 0.4) is 0 Å². The Balaban J connectivity index is 0.000000253. The first-order valence-corrected chi connectivity index (χ1v) is 9.73. The van der Waals surface area contributed by atoms with Gasteiger partial charge in [-0.1, -0.05) is 0 Å². The van der Waals surface area contributed by atoms with Crippen molar-refractivity contribution in [3.8, 4) is 22.5 Å². The molecule has 0 unspecified atom stereocenters. The van der Waals surface area contributed by atoms with Crippen LogP contribution in [0.5, 0.6) is 0 Å². The van der Waals surface area contributed by atoms with Crippen molar-refractivity contribution >= 4 is 0 Å². The van der Waals surface area contributed by atoms with Crippen LogP contribution in [0.2, 0.25) is 0 Å². The molecule has 37 heavy (non-hydrogen) atoms. The van der Waals surface area contributed by atoms with Crippen LogP contribution in [0.25, 0.3) is 22.5 Å². The first-order chi connectivity index (χ1) is 16.8. The Kier molecular flexibility index (Phi) is 9.56. The van der Waals surface area contributed by atoms with Gasteiger partial charge >= 0.3 is 12.4 Å². The summed E-state index contributed by atoms with van der Waals surface area (Å²) in [4.78, 5) is 7.05. The third-order valence-electron chi connectivity index (χ3n) is 4.60. The summed E-state index contributed by atoms with van der Waals surface area (Å²) in [5.74, 6) is -3.27. The van der Waals surface area contributed by atoms with E-state index in [9.17, 15) is 43.9 Å². The SMILES string of the molecule is Fc1ccc(-c2ccc(C(F)(F)F)cn2)c(F)c1.Fc1ccc(-c2ccc(C(F)(F)F)cn2)c(F)c1.[Ir]. The monoisotopic (exact) mass is 711 g/mol. The molecule has 0 aliphatic rings. The molecule has 0 amide bonds. The number of hydrogen-bond donors (Lipinski definition) is 0. The van der Waals surface area contributed by atoms with Crippen LogP contribution in [0.4, 0.5) is 43.9 Å². The first-order valence-electron chi connectivity index (χ1n) is 9.73. The van der Waals surface area contributed by atoms with E-state index in [1.807, 2.05) is 0 Å². The van der Waals surface area contributed by atoms with Crippen molar-refractivity contribution in [3.05, 3.63) is 107 Å².